The Hall–Kier alpha value is -1.40. The van der Waals surface area contributed by atoms with Crippen molar-refractivity contribution in [3.63, 3.8) is 0 Å². The summed E-state index contributed by atoms with van der Waals surface area (Å²) in [6.07, 6.45) is 0. The zero-order chi connectivity index (χ0) is 13.1. The van der Waals surface area contributed by atoms with E-state index >= 15 is 0 Å². The first-order chi connectivity index (χ1) is 8.56. The predicted octanol–water partition coefficient (Wildman–Crippen LogP) is 0.259. The van der Waals surface area contributed by atoms with Crippen LogP contribution in [0, 0.1) is 13.8 Å². The summed E-state index contributed by atoms with van der Waals surface area (Å²) in [6, 6.07) is 0.448. The van der Waals surface area contributed by atoms with Crippen LogP contribution in [0.2, 0.25) is 0 Å². The van der Waals surface area contributed by atoms with Crippen molar-refractivity contribution in [3.8, 4) is 0 Å². The Morgan fingerprint density at radius 3 is 2.94 bits per heavy atom. The lowest BCUT2D eigenvalue weighted by Crippen LogP contribution is -2.51. The van der Waals surface area contributed by atoms with Crippen LogP contribution in [-0.4, -0.2) is 53.2 Å². The van der Waals surface area contributed by atoms with E-state index in [2.05, 4.69) is 32.7 Å². The van der Waals surface area contributed by atoms with E-state index in [-0.39, 0.29) is 5.91 Å². The topological polar surface area (TPSA) is 73.0 Å². The minimum atomic E-state index is 0.0247. The molecule has 3 N–H and O–H groups in total. The molecule has 0 aromatic carbocycles. The van der Waals surface area contributed by atoms with Gasteiger partial charge in [0.25, 0.3) is 0 Å². The number of rotatable bonds is 3. The molecular weight excluding hydrogens is 230 g/mol. The number of hydrogen-bond acceptors (Lipinski definition) is 4. The van der Waals surface area contributed by atoms with Gasteiger partial charge >= 0.3 is 0 Å². The molecule has 1 amide bonds. The van der Waals surface area contributed by atoms with Gasteiger partial charge in [0.1, 0.15) is 0 Å². The van der Waals surface area contributed by atoms with E-state index in [1.165, 1.54) is 0 Å². The van der Waals surface area contributed by atoms with E-state index in [1.54, 1.807) is 0 Å². The van der Waals surface area contributed by atoms with Gasteiger partial charge in [0.15, 0.2) is 0 Å². The number of nitrogens with zero attached hydrogens (tertiary/aromatic N) is 2. The molecule has 2 heterocycles. The Bertz CT molecular complexity index is 409. The molecule has 18 heavy (non-hydrogen) atoms. The maximum Gasteiger partial charge on any atom is 0.238 e. The third kappa shape index (κ3) is 3.08. The van der Waals surface area contributed by atoms with Crippen molar-refractivity contribution in [2.75, 3.05) is 31.5 Å². The highest BCUT2D eigenvalue weighted by Gasteiger charge is 2.19. The van der Waals surface area contributed by atoms with Gasteiger partial charge in [-0.15, -0.1) is 0 Å². The van der Waals surface area contributed by atoms with Crippen LogP contribution in [0.1, 0.15) is 18.3 Å². The summed E-state index contributed by atoms with van der Waals surface area (Å²) >= 11 is 0. The molecule has 1 saturated heterocycles. The van der Waals surface area contributed by atoms with Gasteiger partial charge in [-0.3, -0.25) is 14.8 Å². The smallest absolute Gasteiger partial charge is 0.238 e. The first-order valence-corrected chi connectivity index (χ1v) is 6.33. The normalized spacial score (nSPS) is 20.9. The number of piperazine rings is 1. The number of anilines is 1. The molecule has 2 rings (SSSR count). The minimum absolute atomic E-state index is 0.0247. The molecule has 1 aromatic heterocycles. The molecule has 1 aliphatic rings. The van der Waals surface area contributed by atoms with Gasteiger partial charge in [0, 0.05) is 25.7 Å². The predicted molar refractivity (Wildman–Crippen MR) is 70.6 cm³/mol. The summed E-state index contributed by atoms with van der Waals surface area (Å²) in [6.45, 7) is 9.13. The van der Waals surface area contributed by atoms with Gasteiger partial charge in [-0.25, -0.2) is 0 Å². The Kier molecular flexibility index (Phi) is 3.98. The molecule has 6 heteroatoms. The van der Waals surface area contributed by atoms with Gasteiger partial charge in [-0.1, -0.05) is 0 Å². The number of hydrogen-bond donors (Lipinski definition) is 3. The summed E-state index contributed by atoms with van der Waals surface area (Å²) in [5.74, 6) is 0.0247. The van der Waals surface area contributed by atoms with Crippen molar-refractivity contribution < 1.29 is 4.79 Å². The Morgan fingerprint density at radius 1 is 1.56 bits per heavy atom. The molecule has 0 saturated carbocycles. The molecule has 1 atom stereocenters. The molecule has 6 nitrogen and oxygen atoms in total. The van der Waals surface area contributed by atoms with Crippen molar-refractivity contribution in [3.05, 3.63) is 11.4 Å². The molecule has 0 spiro atoms. The van der Waals surface area contributed by atoms with Gasteiger partial charge < -0.3 is 10.6 Å². The first-order valence-electron chi connectivity index (χ1n) is 6.33. The molecule has 1 unspecified atom stereocenters. The number of nitrogens with one attached hydrogen (secondary N) is 3. The third-order valence-corrected chi connectivity index (χ3v) is 3.21. The van der Waals surface area contributed by atoms with Gasteiger partial charge in [0.05, 0.1) is 23.6 Å². The second-order valence-corrected chi connectivity index (χ2v) is 4.95. The number of carbonyl (C=O) groups is 1. The van der Waals surface area contributed by atoms with Crippen LogP contribution >= 0.6 is 0 Å². The summed E-state index contributed by atoms with van der Waals surface area (Å²) < 4.78 is 0. The molecule has 100 valence electrons. The van der Waals surface area contributed by atoms with Crippen molar-refractivity contribution in [1.29, 1.82) is 0 Å². The fourth-order valence-corrected chi connectivity index (χ4v) is 2.27. The second kappa shape index (κ2) is 5.49. The molecule has 1 aliphatic heterocycles. The average molecular weight is 251 g/mol. The van der Waals surface area contributed by atoms with E-state index in [1.807, 2.05) is 13.8 Å². The monoisotopic (exact) mass is 251 g/mol. The summed E-state index contributed by atoms with van der Waals surface area (Å²) in [4.78, 5) is 14.1. The number of carbonyl (C=O) groups excluding carboxylic acids is 1. The Morgan fingerprint density at radius 2 is 2.33 bits per heavy atom. The second-order valence-electron chi connectivity index (χ2n) is 4.95. The number of H-pyrrole nitrogens is 1. The zero-order valence-electron chi connectivity index (χ0n) is 11.2. The molecule has 1 aromatic rings. The standard InChI is InChI=1S/C12H21N5O/c1-8-6-17(5-4-13-8)7-11(18)14-12-9(2)15-16-10(12)3/h8,13H,4-7H2,1-3H3,(H,14,18)(H,15,16). The summed E-state index contributed by atoms with van der Waals surface area (Å²) in [7, 11) is 0. The third-order valence-electron chi connectivity index (χ3n) is 3.21. The molecule has 0 radical (unpaired) electrons. The number of aromatic nitrogens is 2. The quantitative estimate of drug-likeness (QED) is 0.720. The lowest BCUT2D eigenvalue weighted by molar-refractivity contribution is -0.117. The van der Waals surface area contributed by atoms with E-state index in [4.69, 9.17) is 0 Å². The van der Waals surface area contributed by atoms with Crippen LogP contribution in [0.5, 0.6) is 0 Å². The number of aryl methyl sites for hydroxylation is 2. The molecule has 0 aliphatic carbocycles. The van der Waals surface area contributed by atoms with Crippen LogP contribution in [0.3, 0.4) is 0 Å². The van der Waals surface area contributed by atoms with E-state index in [0.29, 0.717) is 12.6 Å². The largest absolute Gasteiger partial charge is 0.322 e. The lowest BCUT2D eigenvalue weighted by Gasteiger charge is -2.31. The maximum absolute atomic E-state index is 12.0. The number of aromatic amines is 1. The Labute approximate surface area is 107 Å². The van der Waals surface area contributed by atoms with Gasteiger partial charge in [0.2, 0.25) is 5.91 Å². The zero-order valence-corrected chi connectivity index (χ0v) is 11.2. The SMILES string of the molecule is Cc1n[nH]c(C)c1NC(=O)CN1CCNC(C)C1. The van der Waals surface area contributed by atoms with Crippen LogP contribution in [0.25, 0.3) is 0 Å². The van der Waals surface area contributed by atoms with Gasteiger partial charge in [-0.2, -0.15) is 5.10 Å². The maximum atomic E-state index is 12.0. The minimum Gasteiger partial charge on any atom is -0.322 e. The van der Waals surface area contributed by atoms with Crippen LogP contribution in [-0.2, 0) is 4.79 Å². The number of amides is 1. The van der Waals surface area contributed by atoms with Crippen LogP contribution in [0.15, 0.2) is 0 Å². The van der Waals surface area contributed by atoms with Crippen LogP contribution < -0.4 is 10.6 Å². The highest BCUT2D eigenvalue weighted by atomic mass is 16.2. The highest BCUT2D eigenvalue weighted by Crippen LogP contribution is 2.15. The van der Waals surface area contributed by atoms with Crippen molar-refractivity contribution in [2.45, 2.75) is 26.8 Å². The van der Waals surface area contributed by atoms with Crippen LogP contribution in [0.4, 0.5) is 5.69 Å². The van der Waals surface area contributed by atoms with Crippen molar-refractivity contribution in [2.24, 2.45) is 0 Å². The summed E-state index contributed by atoms with van der Waals surface area (Å²) in [5, 5.41) is 13.2. The lowest BCUT2D eigenvalue weighted by atomic mass is 10.2. The fourth-order valence-electron chi connectivity index (χ4n) is 2.27. The molecule has 1 fully saturated rings. The van der Waals surface area contributed by atoms with Crippen molar-refractivity contribution in [1.82, 2.24) is 20.4 Å². The molecular formula is C12H21N5O. The van der Waals surface area contributed by atoms with Crippen molar-refractivity contribution >= 4 is 11.6 Å². The first kappa shape index (κ1) is 13.0. The van der Waals surface area contributed by atoms with Gasteiger partial charge in [-0.05, 0) is 20.8 Å². The van der Waals surface area contributed by atoms with E-state index < -0.39 is 0 Å². The Balaban J connectivity index is 1.89. The van der Waals surface area contributed by atoms with E-state index in [9.17, 15) is 4.79 Å². The summed E-state index contributed by atoms with van der Waals surface area (Å²) in [5.41, 5.74) is 2.53. The fraction of sp³-hybridized carbons (Fsp3) is 0.667. The van der Waals surface area contributed by atoms with E-state index in [0.717, 1.165) is 36.7 Å². The molecule has 0 bridgehead atoms. The average Bonchev–Trinajstić information content (AvgIpc) is 2.61. The highest BCUT2D eigenvalue weighted by molar-refractivity contribution is 5.93.